The number of nitrogens with zero attached hydrogens (tertiary/aromatic N) is 4. The first kappa shape index (κ1) is 32.7. The highest BCUT2D eigenvalue weighted by molar-refractivity contribution is 6.35. The van der Waals surface area contributed by atoms with Crippen LogP contribution in [-0.4, -0.2) is 35.7 Å². The number of azide groups is 1. The summed E-state index contributed by atoms with van der Waals surface area (Å²) in [4.78, 5) is 22.3. The highest BCUT2D eigenvalue weighted by Gasteiger charge is 2.54. The number of rotatable bonds is 13. The molecule has 0 bridgehead atoms. The number of benzene rings is 4. The molecule has 10 nitrogen and oxygen atoms in total. The number of amides is 1. The molecule has 13 heteroatoms. The Morgan fingerprint density at radius 3 is 2.52 bits per heavy atom. The van der Waals surface area contributed by atoms with Gasteiger partial charge in [-0.15, -0.1) is 0 Å². The Kier molecular flexibility index (Phi) is 10.7. The Morgan fingerprint density at radius 2 is 1.80 bits per heavy atom. The average Bonchev–Trinajstić information content (AvgIpc) is 3.43. The van der Waals surface area contributed by atoms with Crippen molar-refractivity contribution in [3.63, 3.8) is 0 Å². The van der Waals surface area contributed by atoms with E-state index in [4.69, 9.17) is 42.8 Å². The molecule has 0 aliphatic carbocycles. The minimum atomic E-state index is -1.70. The second kappa shape index (κ2) is 15.1. The van der Waals surface area contributed by atoms with Crippen molar-refractivity contribution in [2.75, 3.05) is 13.2 Å². The van der Waals surface area contributed by atoms with E-state index in [1.54, 1.807) is 84.9 Å². The maximum Gasteiger partial charge on any atom is 0.266 e. The zero-order valence-corrected chi connectivity index (χ0v) is 25.9. The standard InChI is InChI=1S/C33H29Cl2FN6O4/c34-24-12-15-26(27(35)18-24)30-33(19-22-6-2-4-9-29(22)40-42-37,32(44)41-38-20-23-7-1-3-8-28(23)36)39-31(46-30)21-10-13-25(14-11-21)45-17-5-16-43/h1-4,6-15,18,30,38,43H,5,16-17,19-20H2,(H,41,44)/t30-,33-/m0/s1. The number of carbonyl (C=O) groups excluding carboxylic acids is 1. The minimum absolute atomic E-state index is 0.00859. The van der Waals surface area contributed by atoms with Gasteiger partial charge in [0.05, 0.1) is 6.61 Å². The summed E-state index contributed by atoms with van der Waals surface area (Å²) in [6, 6.07) is 24.8. The van der Waals surface area contributed by atoms with Crippen LogP contribution < -0.4 is 15.6 Å². The zero-order valence-electron chi connectivity index (χ0n) is 24.4. The van der Waals surface area contributed by atoms with Gasteiger partial charge in [-0.3, -0.25) is 10.2 Å². The van der Waals surface area contributed by atoms with Crippen LogP contribution in [0.2, 0.25) is 10.0 Å². The Bertz CT molecular complexity index is 1780. The van der Waals surface area contributed by atoms with Crippen molar-refractivity contribution < 1.29 is 23.8 Å². The Balaban J connectivity index is 1.59. The molecule has 1 amide bonds. The van der Waals surface area contributed by atoms with Crippen LogP contribution in [0.1, 0.15) is 34.8 Å². The summed E-state index contributed by atoms with van der Waals surface area (Å²) in [5.74, 6) is -0.294. The molecular weight excluding hydrogens is 634 g/mol. The van der Waals surface area contributed by atoms with Gasteiger partial charge < -0.3 is 14.6 Å². The van der Waals surface area contributed by atoms with Gasteiger partial charge in [-0.1, -0.05) is 76.8 Å². The van der Waals surface area contributed by atoms with E-state index in [0.717, 1.165) is 0 Å². The van der Waals surface area contributed by atoms with Gasteiger partial charge in [0, 0.05) is 63.3 Å². The predicted molar refractivity (Wildman–Crippen MR) is 174 cm³/mol. The third-order valence-corrected chi connectivity index (χ3v) is 7.88. The van der Waals surface area contributed by atoms with Crippen molar-refractivity contribution in [1.29, 1.82) is 0 Å². The summed E-state index contributed by atoms with van der Waals surface area (Å²) in [5, 5.41) is 13.5. The van der Waals surface area contributed by atoms with Gasteiger partial charge in [-0.05, 0) is 53.6 Å². The lowest BCUT2D eigenvalue weighted by Gasteiger charge is -2.31. The number of hydrogen-bond donors (Lipinski definition) is 3. The van der Waals surface area contributed by atoms with Gasteiger partial charge in [0.2, 0.25) is 5.90 Å². The summed E-state index contributed by atoms with van der Waals surface area (Å²) < 4.78 is 26.5. The number of carbonyl (C=O) groups is 1. The van der Waals surface area contributed by atoms with Crippen LogP contribution in [0.25, 0.3) is 10.4 Å². The molecule has 2 atom stereocenters. The van der Waals surface area contributed by atoms with Crippen LogP contribution in [0, 0.1) is 5.82 Å². The maximum atomic E-state index is 14.4. The van der Waals surface area contributed by atoms with Gasteiger partial charge in [0.15, 0.2) is 11.6 Å². The van der Waals surface area contributed by atoms with Gasteiger partial charge in [0.1, 0.15) is 11.6 Å². The molecule has 236 valence electrons. The Labute approximate surface area is 274 Å². The largest absolute Gasteiger partial charge is 0.494 e. The highest BCUT2D eigenvalue weighted by atomic mass is 35.5. The molecule has 0 saturated carbocycles. The Hall–Kier alpha value is -4.64. The molecule has 1 heterocycles. The maximum absolute atomic E-state index is 14.4. The fourth-order valence-electron chi connectivity index (χ4n) is 5.04. The molecule has 46 heavy (non-hydrogen) atoms. The van der Waals surface area contributed by atoms with Crippen molar-refractivity contribution in [3.05, 3.63) is 140 Å². The number of ether oxygens (including phenoxy) is 2. The molecule has 0 fully saturated rings. The van der Waals surface area contributed by atoms with Crippen LogP contribution >= 0.6 is 23.2 Å². The lowest BCUT2D eigenvalue weighted by Crippen LogP contribution is -2.53. The van der Waals surface area contributed by atoms with Crippen molar-refractivity contribution in [1.82, 2.24) is 10.9 Å². The van der Waals surface area contributed by atoms with Crippen molar-refractivity contribution in [2.24, 2.45) is 10.1 Å². The lowest BCUT2D eigenvalue weighted by atomic mass is 9.81. The van der Waals surface area contributed by atoms with E-state index in [-0.39, 0.29) is 30.5 Å². The summed E-state index contributed by atoms with van der Waals surface area (Å²) in [7, 11) is 0. The SMILES string of the molecule is [N-]=[N+]=Nc1ccccc1C[C@]1(C(=O)NNCc2ccccc2F)N=C(c2ccc(OCCCO)cc2)O[C@H]1c1ccc(Cl)cc1Cl. The summed E-state index contributed by atoms with van der Waals surface area (Å²) in [6.45, 7) is 0.350. The van der Waals surface area contributed by atoms with Crippen molar-refractivity contribution >= 4 is 40.7 Å². The Morgan fingerprint density at radius 1 is 1.07 bits per heavy atom. The number of aliphatic imine (C=N–C) groups is 1. The zero-order chi connectivity index (χ0) is 32.5. The molecular formula is C33H29Cl2FN6O4. The summed E-state index contributed by atoms with van der Waals surface area (Å²) in [6.07, 6.45) is -0.645. The van der Waals surface area contributed by atoms with Crippen LogP contribution in [0.4, 0.5) is 10.1 Å². The first-order valence-corrected chi connectivity index (χ1v) is 15.1. The van der Waals surface area contributed by atoms with Gasteiger partial charge in [-0.25, -0.2) is 14.8 Å². The van der Waals surface area contributed by atoms with E-state index in [1.165, 1.54) is 6.07 Å². The van der Waals surface area contributed by atoms with E-state index in [9.17, 15) is 14.7 Å². The number of aliphatic hydroxyl groups is 1. The monoisotopic (exact) mass is 662 g/mol. The number of halogens is 3. The van der Waals surface area contributed by atoms with Gasteiger partial charge >= 0.3 is 0 Å². The second-order valence-corrected chi connectivity index (χ2v) is 11.2. The van der Waals surface area contributed by atoms with Crippen LogP contribution in [0.5, 0.6) is 5.75 Å². The van der Waals surface area contributed by atoms with Crippen molar-refractivity contribution in [3.8, 4) is 5.75 Å². The molecule has 4 aromatic rings. The fourth-order valence-corrected chi connectivity index (χ4v) is 5.55. The molecule has 1 aliphatic rings. The third-order valence-electron chi connectivity index (χ3n) is 7.32. The highest BCUT2D eigenvalue weighted by Crippen LogP contribution is 2.46. The number of hydrogen-bond acceptors (Lipinski definition) is 7. The molecule has 5 rings (SSSR count). The van der Waals surface area contributed by atoms with Gasteiger partial charge in [0.25, 0.3) is 5.91 Å². The summed E-state index contributed by atoms with van der Waals surface area (Å²) in [5.41, 5.74) is 15.2. The van der Waals surface area contributed by atoms with Crippen LogP contribution in [0.15, 0.2) is 101 Å². The molecule has 0 unspecified atom stereocenters. The molecule has 0 saturated heterocycles. The van der Waals surface area contributed by atoms with Crippen molar-refractivity contribution in [2.45, 2.75) is 31.0 Å². The molecule has 0 radical (unpaired) electrons. The first-order valence-electron chi connectivity index (χ1n) is 14.3. The smallest absolute Gasteiger partial charge is 0.266 e. The van der Waals surface area contributed by atoms with Crippen LogP contribution in [0.3, 0.4) is 0 Å². The van der Waals surface area contributed by atoms with E-state index in [0.29, 0.717) is 51.7 Å². The molecule has 0 spiro atoms. The molecule has 1 aliphatic heterocycles. The number of hydrazine groups is 1. The third kappa shape index (κ3) is 7.42. The number of aliphatic hydroxyl groups excluding tert-OH is 1. The fraction of sp³-hybridized carbons (Fsp3) is 0.212. The van der Waals surface area contributed by atoms with E-state index < -0.39 is 23.4 Å². The van der Waals surface area contributed by atoms with Crippen LogP contribution in [-0.2, 0) is 22.5 Å². The predicted octanol–water partition coefficient (Wildman–Crippen LogP) is 7.16. The van der Waals surface area contributed by atoms with Gasteiger partial charge in [-0.2, -0.15) is 0 Å². The molecule has 4 aromatic carbocycles. The van der Waals surface area contributed by atoms with E-state index in [2.05, 4.69) is 20.9 Å². The average molecular weight is 664 g/mol. The second-order valence-electron chi connectivity index (χ2n) is 10.3. The van der Waals surface area contributed by atoms with E-state index >= 15 is 0 Å². The topological polar surface area (TPSA) is 141 Å². The number of nitrogens with one attached hydrogen (secondary N) is 2. The van der Waals surface area contributed by atoms with E-state index in [1.807, 2.05) is 0 Å². The normalized spacial score (nSPS) is 17.0. The lowest BCUT2D eigenvalue weighted by molar-refractivity contribution is -0.130. The summed E-state index contributed by atoms with van der Waals surface area (Å²) >= 11 is 12.9. The molecule has 3 N–H and O–H groups in total. The minimum Gasteiger partial charge on any atom is -0.494 e. The quantitative estimate of drug-likeness (QED) is 0.0458. The molecule has 0 aromatic heterocycles. The first-order chi connectivity index (χ1) is 22.3.